The van der Waals surface area contributed by atoms with Crippen molar-refractivity contribution in [3.8, 4) is 10.6 Å². The van der Waals surface area contributed by atoms with E-state index >= 15 is 0 Å². The molecule has 3 aromatic rings. The predicted octanol–water partition coefficient (Wildman–Crippen LogP) is 3.83. The Morgan fingerprint density at radius 2 is 1.97 bits per heavy atom. The highest BCUT2D eigenvalue weighted by Crippen LogP contribution is 2.39. The Kier molecular flexibility index (Phi) is 5.13. The van der Waals surface area contributed by atoms with Crippen molar-refractivity contribution in [3.63, 3.8) is 0 Å². The molecule has 2 aliphatic rings. The second-order valence-corrected chi connectivity index (χ2v) is 9.46. The number of aromatic amines is 1. The standard InChI is InChI=1S/C21H23F2N5O2S/c22-21(23)8-13(9-21)25-20-27-17(24-12-6-5-11(7-12)10-29)16(18(30)28-20)19-26-14-3-1-2-4-15(14)31-19/h1-4,11-13,29H,5-10H2,(H3,24,25,27,28,30). The third-order valence-electron chi connectivity index (χ3n) is 6.00. The van der Waals surface area contributed by atoms with Crippen LogP contribution in [0.5, 0.6) is 0 Å². The quantitative estimate of drug-likeness (QED) is 0.458. The molecule has 0 bridgehead atoms. The molecule has 2 heterocycles. The number of nitrogens with zero attached hydrogens (tertiary/aromatic N) is 2. The Morgan fingerprint density at radius 3 is 2.68 bits per heavy atom. The molecule has 2 fully saturated rings. The molecule has 0 aliphatic heterocycles. The van der Waals surface area contributed by atoms with Crippen molar-refractivity contribution < 1.29 is 13.9 Å². The zero-order valence-electron chi connectivity index (χ0n) is 16.7. The van der Waals surface area contributed by atoms with E-state index < -0.39 is 12.0 Å². The van der Waals surface area contributed by atoms with Crippen molar-refractivity contribution in [3.05, 3.63) is 34.6 Å². The van der Waals surface area contributed by atoms with Crippen molar-refractivity contribution in [2.24, 2.45) is 5.92 Å². The van der Waals surface area contributed by atoms with Gasteiger partial charge in [0.05, 0.1) is 10.2 Å². The normalized spacial score (nSPS) is 23.1. The van der Waals surface area contributed by atoms with Gasteiger partial charge in [-0.3, -0.25) is 9.78 Å². The summed E-state index contributed by atoms with van der Waals surface area (Å²) in [7, 11) is 0. The van der Waals surface area contributed by atoms with Crippen LogP contribution in [0.3, 0.4) is 0 Å². The molecule has 2 unspecified atom stereocenters. The Labute approximate surface area is 180 Å². The van der Waals surface area contributed by atoms with Gasteiger partial charge in [0.15, 0.2) is 0 Å². The van der Waals surface area contributed by atoms with Gasteiger partial charge < -0.3 is 15.7 Å². The summed E-state index contributed by atoms with van der Waals surface area (Å²) in [5.41, 5.74) is 0.771. The average Bonchev–Trinajstić information content (AvgIpc) is 3.32. The zero-order chi connectivity index (χ0) is 21.6. The maximum absolute atomic E-state index is 13.2. The van der Waals surface area contributed by atoms with E-state index in [0.29, 0.717) is 16.4 Å². The first-order chi connectivity index (χ1) is 14.9. The number of aliphatic hydroxyl groups is 1. The van der Waals surface area contributed by atoms with Crippen molar-refractivity contribution in [2.45, 2.75) is 50.1 Å². The Balaban J connectivity index is 1.50. The van der Waals surface area contributed by atoms with Crippen LogP contribution in [0.15, 0.2) is 29.1 Å². The molecular weight excluding hydrogens is 424 g/mol. The number of rotatable bonds is 6. The van der Waals surface area contributed by atoms with E-state index in [0.717, 1.165) is 29.5 Å². The molecular formula is C21H23F2N5O2S. The number of hydrogen-bond donors (Lipinski definition) is 4. The lowest BCUT2D eigenvalue weighted by molar-refractivity contribution is -0.0794. The molecule has 0 amide bonds. The molecule has 10 heteroatoms. The van der Waals surface area contributed by atoms with Gasteiger partial charge in [-0.05, 0) is 37.3 Å². The van der Waals surface area contributed by atoms with Gasteiger partial charge in [-0.15, -0.1) is 11.3 Å². The third kappa shape index (κ3) is 4.14. The van der Waals surface area contributed by atoms with Crippen molar-refractivity contribution in [1.29, 1.82) is 0 Å². The van der Waals surface area contributed by atoms with E-state index in [1.807, 2.05) is 24.3 Å². The molecule has 2 aromatic heterocycles. The first-order valence-corrected chi connectivity index (χ1v) is 11.2. The van der Waals surface area contributed by atoms with Gasteiger partial charge in [-0.25, -0.2) is 13.8 Å². The van der Waals surface area contributed by atoms with Crippen LogP contribution in [0.4, 0.5) is 20.5 Å². The fraction of sp³-hybridized carbons (Fsp3) is 0.476. The number of alkyl halides is 2. The van der Waals surface area contributed by atoms with E-state index in [1.54, 1.807) is 0 Å². The molecule has 164 valence electrons. The van der Waals surface area contributed by atoms with Gasteiger partial charge in [-0.2, -0.15) is 4.98 Å². The number of thiazole rings is 1. The highest BCUT2D eigenvalue weighted by Gasteiger charge is 2.45. The van der Waals surface area contributed by atoms with Crippen molar-refractivity contribution >= 4 is 33.3 Å². The molecule has 2 aliphatic carbocycles. The number of hydrogen-bond acceptors (Lipinski definition) is 7. The van der Waals surface area contributed by atoms with Gasteiger partial charge in [-0.1, -0.05) is 12.1 Å². The minimum atomic E-state index is -2.66. The molecule has 0 spiro atoms. The van der Waals surface area contributed by atoms with Crippen LogP contribution in [-0.4, -0.2) is 44.7 Å². The Bertz CT molecular complexity index is 1120. The number of fused-ring (bicyclic) bond motifs is 1. The van der Waals surface area contributed by atoms with Crippen molar-refractivity contribution in [2.75, 3.05) is 17.2 Å². The second kappa shape index (κ2) is 7.83. The third-order valence-corrected chi connectivity index (χ3v) is 7.05. The first-order valence-electron chi connectivity index (χ1n) is 10.4. The molecule has 31 heavy (non-hydrogen) atoms. The largest absolute Gasteiger partial charge is 0.396 e. The smallest absolute Gasteiger partial charge is 0.264 e. The zero-order valence-corrected chi connectivity index (χ0v) is 17.5. The predicted molar refractivity (Wildman–Crippen MR) is 117 cm³/mol. The Morgan fingerprint density at radius 1 is 1.16 bits per heavy atom. The number of aromatic nitrogens is 3. The van der Waals surface area contributed by atoms with E-state index in [9.17, 15) is 18.7 Å². The minimum absolute atomic E-state index is 0.0699. The fourth-order valence-electron chi connectivity index (χ4n) is 4.35. The van der Waals surface area contributed by atoms with Crippen LogP contribution >= 0.6 is 11.3 Å². The summed E-state index contributed by atoms with van der Waals surface area (Å²) in [6.45, 7) is 0.133. The average molecular weight is 448 g/mol. The molecule has 5 rings (SSSR count). The van der Waals surface area contributed by atoms with E-state index in [1.165, 1.54) is 11.3 Å². The topological polar surface area (TPSA) is 103 Å². The van der Waals surface area contributed by atoms with Crippen LogP contribution in [0.2, 0.25) is 0 Å². The highest BCUT2D eigenvalue weighted by molar-refractivity contribution is 7.21. The minimum Gasteiger partial charge on any atom is -0.396 e. The van der Waals surface area contributed by atoms with Crippen LogP contribution in [-0.2, 0) is 0 Å². The molecule has 7 nitrogen and oxygen atoms in total. The summed E-state index contributed by atoms with van der Waals surface area (Å²) in [5, 5.41) is 16.3. The monoisotopic (exact) mass is 447 g/mol. The summed E-state index contributed by atoms with van der Waals surface area (Å²) >= 11 is 1.41. The van der Waals surface area contributed by atoms with Crippen LogP contribution in [0.25, 0.3) is 20.8 Å². The lowest BCUT2D eigenvalue weighted by Crippen LogP contribution is -2.44. The summed E-state index contributed by atoms with van der Waals surface area (Å²) < 4.78 is 27.4. The summed E-state index contributed by atoms with van der Waals surface area (Å²) in [6.07, 6.45) is 1.98. The van der Waals surface area contributed by atoms with Crippen molar-refractivity contribution in [1.82, 2.24) is 15.0 Å². The Hall–Kier alpha value is -2.59. The van der Waals surface area contributed by atoms with Crippen LogP contribution < -0.4 is 16.2 Å². The lowest BCUT2D eigenvalue weighted by atomic mass is 9.88. The van der Waals surface area contributed by atoms with Gasteiger partial charge in [0, 0.05) is 31.5 Å². The number of aliphatic hydroxyl groups excluding tert-OH is 1. The number of anilines is 2. The molecule has 4 N–H and O–H groups in total. The SMILES string of the molecule is O=c1[nH]c(NC2CC(F)(F)C2)nc(NC2CCC(CO)C2)c1-c1nc2ccccc2s1. The second-order valence-electron chi connectivity index (χ2n) is 8.43. The summed E-state index contributed by atoms with van der Waals surface area (Å²) in [6, 6.07) is 7.29. The van der Waals surface area contributed by atoms with Gasteiger partial charge in [0.25, 0.3) is 11.5 Å². The summed E-state index contributed by atoms with van der Waals surface area (Å²) in [5.74, 6) is -1.88. The van der Waals surface area contributed by atoms with Gasteiger partial charge in [0.1, 0.15) is 16.4 Å². The number of benzene rings is 1. The molecule has 1 aromatic carbocycles. The lowest BCUT2D eigenvalue weighted by Gasteiger charge is -2.35. The number of H-pyrrole nitrogens is 1. The molecule has 2 atom stereocenters. The van der Waals surface area contributed by atoms with Crippen LogP contribution in [0, 0.1) is 5.92 Å². The van der Waals surface area contributed by atoms with E-state index in [4.69, 9.17) is 0 Å². The van der Waals surface area contributed by atoms with Crippen LogP contribution in [0.1, 0.15) is 32.1 Å². The fourth-order valence-corrected chi connectivity index (χ4v) is 5.35. The number of nitrogens with one attached hydrogen (secondary N) is 3. The molecule has 2 saturated carbocycles. The number of para-hydroxylation sites is 1. The molecule has 0 radical (unpaired) electrons. The van der Waals surface area contributed by atoms with Gasteiger partial charge >= 0.3 is 0 Å². The maximum Gasteiger partial charge on any atom is 0.264 e. The maximum atomic E-state index is 13.2. The molecule has 0 saturated heterocycles. The first kappa shape index (κ1) is 20.3. The number of halogens is 2. The highest BCUT2D eigenvalue weighted by atomic mass is 32.1. The summed E-state index contributed by atoms with van der Waals surface area (Å²) in [4.78, 5) is 24.9. The van der Waals surface area contributed by atoms with Gasteiger partial charge in [0.2, 0.25) is 5.95 Å². The van der Waals surface area contributed by atoms with E-state index in [-0.39, 0.29) is 42.9 Å². The van der Waals surface area contributed by atoms with E-state index in [2.05, 4.69) is 25.6 Å².